The molecule has 0 aliphatic heterocycles. The number of carboxylic acid groups (broad SMARTS) is 1. The fraction of sp³-hybridized carbons (Fsp3) is 0.533. The minimum atomic E-state index is -0.683. The van der Waals surface area contributed by atoms with Crippen LogP contribution in [-0.4, -0.2) is 36.3 Å². The summed E-state index contributed by atoms with van der Waals surface area (Å²) in [6, 6.07) is 7.51. The van der Waals surface area contributed by atoms with Crippen LogP contribution in [0.5, 0.6) is 11.5 Å². The van der Waals surface area contributed by atoms with Crippen LogP contribution in [-0.2, 0) is 4.79 Å². The molecule has 2 rings (SSSR count). The molecule has 0 bridgehead atoms. The Bertz CT molecular complexity index is 440. The van der Waals surface area contributed by atoms with E-state index in [1.807, 2.05) is 24.3 Å². The largest absolute Gasteiger partial charge is 0.497 e. The first kappa shape index (κ1) is 15.0. The Balaban J connectivity index is 1.60. The molecule has 0 atom stereocenters. The van der Waals surface area contributed by atoms with E-state index in [1.165, 1.54) is 0 Å². The first-order valence-corrected chi connectivity index (χ1v) is 7.85. The van der Waals surface area contributed by atoms with Gasteiger partial charge in [-0.3, -0.25) is 4.79 Å². The highest BCUT2D eigenvalue weighted by molar-refractivity contribution is 7.99. The van der Waals surface area contributed by atoms with Crippen LogP contribution in [0.3, 0.4) is 0 Å². The van der Waals surface area contributed by atoms with E-state index in [0.717, 1.165) is 35.8 Å². The van der Waals surface area contributed by atoms with Gasteiger partial charge in [0.15, 0.2) is 0 Å². The number of thioether (sulfide) groups is 1. The van der Waals surface area contributed by atoms with Crippen molar-refractivity contribution in [2.75, 3.05) is 25.2 Å². The first-order valence-electron chi connectivity index (χ1n) is 6.70. The molecule has 0 aromatic heterocycles. The van der Waals surface area contributed by atoms with Crippen LogP contribution in [0, 0.1) is 5.41 Å². The molecular weight excluding hydrogens is 276 g/mol. The molecule has 0 heterocycles. The second kappa shape index (κ2) is 6.88. The van der Waals surface area contributed by atoms with Gasteiger partial charge in [0.1, 0.15) is 11.5 Å². The van der Waals surface area contributed by atoms with Crippen molar-refractivity contribution < 1.29 is 19.4 Å². The van der Waals surface area contributed by atoms with E-state index in [0.29, 0.717) is 13.0 Å². The quantitative estimate of drug-likeness (QED) is 0.710. The topological polar surface area (TPSA) is 55.8 Å². The number of carbonyl (C=O) groups is 1. The van der Waals surface area contributed by atoms with Crippen LogP contribution in [0.1, 0.15) is 19.3 Å². The Morgan fingerprint density at radius 2 is 1.95 bits per heavy atom. The first-order chi connectivity index (χ1) is 9.63. The van der Waals surface area contributed by atoms with E-state index in [9.17, 15) is 4.79 Å². The monoisotopic (exact) mass is 296 g/mol. The molecule has 0 unspecified atom stereocenters. The molecule has 4 nitrogen and oxygen atoms in total. The summed E-state index contributed by atoms with van der Waals surface area (Å²) in [5.41, 5.74) is 0.0661. The van der Waals surface area contributed by atoms with Gasteiger partial charge in [-0.1, -0.05) is 0 Å². The fourth-order valence-electron chi connectivity index (χ4n) is 2.05. The average Bonchev–Trinajstić information content (AvgIpc) is 3.18. The zero-order valence-corrected chi connectivity index (χ0v) is 12.4. The predicted octanol–water partition coefficient (Wildman–Crippen LogP) is 3.06. The summed E-state index contributed by atoms with van der Waals surface area (Å²) in [6.45, 7) is 0.639. The van der Waals surface area contributed by atoms with E-state index in [1.54, 1.807) is 18.9 Å². The minimum Gasteiger partial charge on any atom is -0.497 e. The molecular formula is C15H20O4S. The summed E-state index contributed by atoms with van der Waals surface area (Å²) >= 11 is 1.78. The Morgan fingerprint density at radius 1 is 1.30 bits per heavy atom. The summed E-state index contributed by atoms with van der Waals surface area (Å²) in [6.07, 6.45) is 2.40. The molecule has 1 aromatic carbocycles. The Hall–Kier alpha value is -1.36. The highest BCUT2D eigenvalue weighted by Gasteiger charge is 2.43. The van der Waals surface area contributed by atoms with Crippen LogP contribution >= 0.6 is 11.8 Å². The number of rotatable bonds is 9. The molecule has 1 fully saturated rings. The molecule has 1 aliphatic rings. The Morgan fingerprint density at radius 3 is 2.50 bits per heavy atom. The lowest BCUT2D eigenvalue weighted by Crippen LogP contribution is -2.12. The maximum Gasteiger partial charge on any atom is 0.303 e. The van der Waals surface area contributed by atoms with E-state index in [-0.39, 0.29) is 5.41 Å². The van der Waals surface area contributed by atoms with Crippen molar-refractivity contribution in [2.45, 2.75) is 19.3 Å². The molecule has 1 N–H and O–H groups in total. The summed E-state index contributed by atoms with van der Waals surface area (Å²) in [5.74, 6) is 2.77. The van der Waals surface area contributed by atoms with Crippen molar-refractivity contribution in [1.82, 2.24) is 0 Å². The Kier molecular flexibility index (Phi) is 5.17. The van der Waals surface area contributed by atoms with Gasteiger partial charge >= 0.3 is 5.97 Å². The number of benzene rings is 1. The third-order valence-electron chi connectivity index (χ3n) is 3.45. The number of carboxylic acids is 1. The van der Waals surface area contributed by atoms with E-state index in [4.69, 9.17) is 14.6 Å². The highest BCUT2D eigenvalue weighted by atomic mass is 32.2. The smallest absolute Gasteiger partial charge is 0.303 e. The van der Waals surface area contributed by atoms with Crippen LogP contribution < -0.4 is 9.47 Å². The SMILES string of the molecule is COc1ccc(OCCSCC2(CC(=O)O)CC2)cc1. The molecule has 0 saturated heterocycles. The zero-order valence-electron chi connectivity index (χ0n) is 11.6. The lowest BCUT2D eigenvalue weighted by Gasteiger charge is -2.12. The van der Waals surface area contributed by atoms with Gasteiger partial charge in [0.2, 0.25) is 0 Å². The average molecular weight is 296 g/mol. The highest BCUT2D eigenvalue weighted by Crippen LogP contribution is 2.50. The van der Waals surface area contributed by atoms with Gasteiger partial charge in [0.05, 0.1) is 20.1 Å². The summed E-state index contributed by atoms with van der Waals surface area (Å²) in [4.78, 5) is 10.7. The summed E-state index contributed by atoms with van der Waals surface area (Å²) in [7, 11) is 1.64. The van der Waals surface area contributed by atoms with Crippen molar-refractivity contribution in [3.8, 4) is 11.5 Å². The van der Waals surface area contributed by atoms with Crippen LogP contribution in [0.4, 0.5) is 0 Å². The molecule has 110 valence electrons. The van der Waals surface area contributed by atoms with Crippen molar-refractivity contribution in [3.05, 3.63) is 24.3 Å². The standard InChI is InChI=1S/C15H20O4S/c1-18-12-2-4-13(5-3-12)19-8-9-20-11-15(6-7-15)10-14(16)17/h2-5H,6-11H2,1H3,(H,16,17). The minimum absolute atomic E-state index is 0.0661. The van der Waals surface area contributed by atoms with Gasteiger partial charge in [-0.05, 0) is 48.3 Å². The lowest BCUT2D eigenvalue weighted by molar-refractivity contribution is -0.138. The number of hydrogen-bond acceptors (Lipinski definition) is 4. The van der Waals surface area contributed by atoms with Gasteiger partial charge in [-0.2, -0.15) is 11.8 Å². The Labute approximate surface area is 123 Å². The third-order valence-corrected chi connectivity index (χ3v) is 4.72. The van der Waals surface area contributed by atoms with Crippen molar-refractivity contribution in [3.63, 3.8) is 0 Å². The number of hydrogen-bond donors (Lipinski definition) is 1. The summed E-state index contributed by atoms with van der Waals surface area (Å²) in [5, 5.41) is 8.84. The molecule has 1 saturated carbocycles. The van der Waals surface area contributed by atoms with Gasteiger partial charge in [-0.15, -0.1) is 0 Å². The van der Waals surface area contributed by atoms with Crippen molar-refractivity contribution in [1.29, 1.82) is 0 Å². The second-order valence-electron chi connectivity index (χ2n) is 5.15. The molecule has 5 heteroatoms. The maximum atomic E-state index is 10.7. The molecule has 0 amide bonds. The van der Waals surface area contributed by atoms with Crippen molar-refractivity contribution in [2.24, 2.45) is 5.41 Å². The lowest BCUT2D eigenvalue weighted by atomic mass is 10.1. The zero-order chi connectivity index (χ0) is 14.4. The van der Waals surface area contributed by atoms with Gasteiger partial charge in [0, 0.05) is 5.75 Å². The predicted molar refractivity (Wildman–Crippen MR) is 79.7 cm³/mol. The van der Waals surface area contributed by atoms with E-state index < -0.39 is 5.97 Å². The van der Waals surface area contributed by atoms with E-state index >= 15 is 0 Å². The molecule has 20 heavy (non-hydrogen) atoms. The number of ether oxygens (including phenoxy) is 2. The number of methoxy groups -OCH3 is 1. The molecule has 1 aliphatic carbocycles. The van der Waals surface area contributed by atoms with Crippen LogP contribution in [0.2, 0.25) is 0 Å². The number of aliphatic carboxylic acids is 1. The fourth-order valence-corrected chi connectivity index (χ4v) is 3.22. The second-order valence-corrected chi connectivity index (χ2v) is 6.25. The van der Waals surface area contributed by atoms with Gasteiger partial charge < -0.3 is 14.6 Å². The van der Waals surface area contributed by atoms with Gasteiger partial charge in [0.25, 0.3) is 0 Å². The maximum absolute atomic E-state index is 10.7. The molecule has 1 aromatic rings. The third kappa shape index (κ3) is 4.63. The van der Waals surface area contributed by atoms with Crippen LogP contribution in [0.15, 0.2) is 24.3 Å². The summed E-state index contributed by atoms with van der Waals surface area (Å²) < 4.78 is 10.7. The van der Waals surface area contributed by atoms with E-state index in [2.05, 4.69) is 0 Å². The van der Waals surface area contributed by atoms with Gasteiger partial charge in [-0.25, -0.2) is 0 Å². The van der Waals surface area contributed by atoms with Crippen molar-refractivity contribution >= 4 is 17.7 Å². The molecule has 0 radical (unpaired) electrons. The normalized spacial score (nSPS) is 15.7. The van der Waals surface area contributed by atoms with Crippen LogP contribution in [0.25, 0.3) is 0 Å². The molecule has 0 spiro atoms.